The molecule has 0 heterocycles. The Morgan fingerprint density at radius 1 is 0.735 bits per heavy atom. The summed E-state index contributed by atoms with van der Waals surface area (Å²) in [6.45, 7) is 1.95. The number of allylic oxidation sites excluding steroid dienone is 4. The topological polar surface area (TPSA) is 0 Å². The van der Waals surface area contributed by atoms with Crippen LogP contribution in [0.2, 0.25) is 0 Å². The van der Waals surface area contributed by atoms with E-state index in [9.17, 15) is 0 Å². The fraction of sp³-hybridized carbons (Fsp3) is 0.400. The third-order valence-electron chi connectivity index (χ3n) is 5.84. The van der Waals surface area contributed by atoms with Crippen LogP contribution in [0.4, 0.5) is 0 Å². The van der Waals surface area contributed by atoms with Crippen LogP contribution in [0.15, 0.2) is 60.7 Å². The zero-order chi connectivity index (χ0) is 22.7. The summed E-state index contributed by atoms with van der Waals surface area (Å²) < 4.78 is 0. The smallest absolute Gasteiger partial charge is 0.0253 e. The second-order valence-electron chi connectivity index (χ2n) is 8.25. The zero-order valence-corrected chi connectivity index (χ0v) is 25.9. The molecule has 0 saturated heterocycles. The molecule has 0 spiro atoms. The predicted molar refractivity (Wildman–Crippen MR) is 153 cm³/mol. The van der Waals surface area contributed by atoms with E-state index < -0.39 is 0 Å². The van der Waals surface area contributed by atoms with Gasteiger partial charge < -0.3 is 12.8 Å². The maximum absolute atomic E-state index is 3.30. The molecule has 4 heteroatoms. The van der Waals surface area contributed by atoms with Crippen LogP contribution in [0.25, 0.3) is 11.1 Å². The fourth-order valence-electron chi connectivity index (χ4n) is 4.13. The van der Waals surface area contributed by atoms with Crippen molar-refractivity contribution in [3.63, 3.8) is 0 Å². The molecule has 2 saturated carbocycles. The third kappa shape index (κ3) is 13.6. The SMILES string of the molecule is Cl.Cl.[C-]1=CC=CC1.[CH-]1CCCCC1.[CH-]1CCCCC1.[SiH2]=[Zr].[c-]1cccc2c1Cc1ccccc1-2. The zero-order valence-electron chi connectivity index (χ0n) is 20.4. The summed E-state index contributed by atoms with van der Waals surface area (Å²) in [5, 5.41) is 0. The minimum Gasteiger partial charge on any atom is -0.179 e. The average Bonchev–Trinajstić information content (AvgIpc) is 3.60. The van der Waals surface area contributed by atoms with Gasteiger partial charge in [-0.1, -0.05) is 73.9 Å². The normalized spacial score (nSPS) is 15.9. The second-order valence-corrected chi connectivity index (χ2v) is 8.25. The molecule has 0 aliphatic heterocycles. The Morgan fingerprint density at radius 3 is 1.76 bits per heavy atom. The monoisotopic (exact) mass is 588 g/mol. The van der Waals surface area contributed by atoms with Gasteiger partial charge in [-0.25, -0.2) is 12.2 Å². The van der Waals surface area contributed by atoms with E-state index in [2.05, 4.69) is 67.5 Å². The molecular formula is C30H40Cl2SiZr-4. The van der Waals surface area contributed by atoms with E-state index in [0.717, 1.165) is 12.8 Å². The summed E-state index contributed by atoms with van der Waals surface area (Å²) in [4.78, 5) is 0. The average molecular weight is 591 g/mol. The molecule has 4 aliphatic carbocycles. The van der Waals surface area contributed by atoms with Gasteiger partial charge in [-0.3, -0.25) is 6.08 Å². The van der Waals surface area contributed by atoms with Gasteiger partial charge in [0.1, 0.15) is 0 Å². The molecule has 186 valence electrons. The van der Waals surface area contributed by atoms with Crippen LogP contribution < -0.4 is 0 Å². The first-order valence-electron chi connectivity index (χ1n) is 12.2. The van der Waals surface area contributed by atoms with Crippen molar-refractivity contribution in [3.05, 3.63) is 96.8 Å². The molecule has 0 nitrogen and oxygen atoms in total. The van der Waals surface area contributed by atoms with Gasteiger partial charge in [-0.15, -0.1) is 36.8 Å². The minimum absolute atomic E-state index is 0. The Hall–Kier alpha value is -0.400. The first-order chi connectivity index (χ1) is 15.9. The molecule has 0 N–H and O–H groups in total. The molecule has 0 amide bonds. The van der Waals surface area contributed by atoms with Crippen LogP contribution in [0.1, 0.15) is 81.8 Å². The standard InChI is InChI=1S/C13H9.2C6H11.C5H5.2ClH.H2Si.Zr/c1-3-7-12-10(5-1)9-11-6-2-4-8-13(11)12;2*1-2-4-6-5-3-1;1-2-4-5-3-1;;;;/h1-5,7-8H,9H2;2*1H,2-6H2;1-3H,4H2;2*1H;1H2;/q4*-1;;;;. The van der Waals surface area contributed by atoms with E-state index in [1.54, 1.807) is 23.3 Å². The van der Waals surface area contributed by atoms with Gasteiger partial charge in [0, 0.05) is 0 Å². The van der Waals surface area contributed by atoms with Crippen LogP contribution in [0, 0.1) is 25.0 Å². The summed E-state index contributed by atoms with van der Waals surface area (Å²) in [6, 6.07) is 18.1. The van der Waals surface area contributed by atoms with Crippen molar-refractivity contribution < 1.29 is 23.3 Å². The van der Waals surface area contributed by atoms with Crippen LogP contribution in [-0.2, 0) is 29.8 Å². The Balaban J connectivity index is 0.000000444. The number of fused-ring (bicyclic) bond motifs is 3. The van der Waals surface area contributed by atoms with Gasteiger partial charge in [-0.05, 0) is 6.42 Å². The third-order valence-corrected chi connectivity index (χ3v) is 5.84. The van der Waals surface area contributed by atoms with Crippen LogP contribution >= 0.6 is 24.8 Å². The van der Waals surface area contributed by atoms with Crippen LogP contribution in [-0.4, -0.2) is 6.88 Å². The van der Waals surface area contributed by atoms with E-state index in [4.69, 9.17) is 0 Å². The molecule has 34 heavy (non-hydrogen) atoms. The Labute approximate surface area is 238 Å². The van der Waals surface area contributed by atoms with Gasteiger partial charge in [0.2, 0.25) is 0 Å². The molecule has 0 aromatic heterocycles. The summed E-state index contributed by atoms with van der Waals surface area (Å²) in [7, 11) is 0. The Morgan fingerprint density at radius 2 is 1.32 bits per heavy atom. The van der Waals surface area contributed by atoms with Gasteiger partial charge in [-0.2, -0.15) is 61.6 Å². The Kier molecular flexibility index (Phi) is 22.8. The van der Waals surface area contributed by atoms with E-state index in [1.165, 1.54) is 86.5 Å². The fourth-order valence-corrected chi connectivity index (χ4v) is 4.13. The van der Waals surface area contributed by atoms with Gasteiger partial charge >= 0.3 is 30.2 Å². The number of benzene rings is 2. The van der Waals surface area contributed by atoms with Crippen molar-refractivity contribution in [2.45, 2.75) is 77.0 Å². The van der Waals surface area contributed by atoms with Gasteiger partial charge in [0.05, 0.1) is 0 Å². The van der Waals surface area contributed by atoms with Crippen LogP contribution in [0.3, 0.4) is 0 Å². The van der Waals surface area contributed by atoms with Crippen molar-refractivity contribution in [3.8, 4) is 11.1 Å². The van der Waals surface area contributed by atoms with Crippen molar-refractivity contribution >= 4 is 31.7 Å². The molecule has 6 rings (SSSR count). The minimum atomic E-state index is 0. The number of hydrogen-bond acceptors (Lipinski definition) is 0. The van der Waals surface area contributed by atoms with Crippen molar-refractivity contribution in [2.24, 2.45) is 0 Å². The van der Waals surface area contributed by atoms with Gasteiger partial charge in [0.15, 0.2) is 0 Å². The van der Waals surface area contributed by atoms with Crippen molar-refractivity contribution in [2.75, 3.05) is 0 Å². The number of halogens is 2. The van der Waals surface area contributed by atoms with E-state index in [-0.39, 0.29) is 24.8 Å². The molecule has 2 fully saturated rings. The molecule has 2 aromatic rings. The maximum atomic E-state index is 3.30. The quantitative estimate of drug-likeness (QED) is 0.182. The number of hydrogen-bond donors (Lipinski definition) is 0. The van der Waals surface area contributed by atoms with E-state index in [0.29, 0.717) is 0 Å². The van der Waals surface area contributed by atoms with E-state index in [1.807, 2.05) is 25.1 Å². The first-order valence-corrected chi connectivity index (χ1v) is 18.2. The molecule has 2 aromatic carbocycles. The first kappa shape index (κ1) is 33.6. The predicted octanol–water partition coefficient (Wildman–Crippen LogP) is 8.60. The van der Waals surface area contributed by atoms with Crippen molar-refractivity contribution in [1.82, 2.24) is 0 Å². The molecule has 0 atom stereocenters. The molecule has 4 aliphatic rings. The molecule has 0 radical (unpaired) electrons. The summed E-state index contributed by atoms with van der Waals surface area (Å²) >= 11 is 1.58. The summed E-state index contributed by atoms with van der Waals surface area (Å²) in [5.74, 6) is 0. The van der Waals surface area contributed by atoms with Gasteiger partial charge in [0.25, 0.3) is 0 Å². The molecular weight excluding hydrogens is 551 g/mol. The van der Waals surface area contributed by atoms with Crippen molar-refractivity contribution in [1.29, 1.82) is 0 Å². The second kappa shape index (κ2) is 23.0. The Bertz CT molecular complexity index is 722. The molecule has 0 bridgehead atoms. The summed E-state index contributed by atoms with van der Waals surface area (Å²) in [5.41, 5.74) is 5.51. The van der Waals surface area contributed by atoms with E-state index >= 15 is 0 Å². The molecule has 0 unspecified atom stereocenters. The maximum Gasteiger partial charge on any atom is -0.0253 e. The number of rotatable bonds is 0. The summed E-state index contributed by atoms with van der Waals surface area (Å²) in [6.07, 6.45) is 30.0. The van der Waals surface area contributed by atoms with Crippen LogP contribution in [0.5, 0.6) is 0 Å². The largest absolute Gasteiger partial charge is 0.179 e.